The first kappa shape index (κ1) is 25.5. The fraction of sp³-hybridized carbons (Fsp3) is 0.147. The molecule has 2 aromatic heterocycles. The van der Waals surface area contributed by atoms with Crippen molar-refractivity contribution in [1.29, 1.82) is 0 Å². The van der Waals surface area contributed by atoms with Gasteiger partial charge >= 0.3 is 189 Å². The van der Waals surface area contributed by atoms with Crippen molar-refractivity contribution in [2.24, 2.45) is 7.05 Å². The van der Waals surface area contributed by atoms with Crippen LogP contribution < -0.4 is 8.96 Å². The molecule has 5 heteroatoms. The van der Waals surface area contributed by atoms with Crippen LogP contribution in [0.4, 0.5) is 8.78 Å². The van der Waals surface area contributed by atoms with Crippen LogP contribution in [0.3, 0.4) is 0 Å². The molecule has 6 aromatic rings. The minimum atomic E-state index is -2.40. The van der Waals surface area contributed by atoms with Gasteiger partial charge in [-0.05, 0) is 11.1 Å². The molecule has 4 aromatic carbocycles. The summed E-state index contributed by atoms with van der Waals surface area (Å²) in [5.74, 6) is 6.04. The summed E-state index contributed by atoms with van der Waals surface area (Å²) in [6.45, 7) is 2.00. The van der Waals surface area contributed by atoms with Crippen LogP contribution in [-0.2, 0) is 7.05 Å². The van der Waals surface area contributed by atoms with E-state index in [0.29, 0.717) is 16.7 Å². The van der Waals surface area contributed by atoms with Gasteiger partial charge < -0.3 is 0 Å². The fourth-order valence-electron chi connectivity index (χ4n) is 5.45. The van der Waals surface area contributed by atoms with E-state index in [1.807, 2.05) is 79.3 Å². The molecule has 194 valence electrons. The van der Waals surface area contributed by atoms with Crippen LogP contribution in [0.1, 0.15) is 5.56 Å². The molecule has 0 saturated carbocycles. The van der Waals surface area contributed by atoms with E-state index in [1.165, 1.54) is 6.07 Å². The van der Waals surface area contributed by atoms with E-state index in [4.69, 9.17) is 4.42 Å². The summed E-state index contributed by atoms with van der Waals surface area (Å²) < 4.78 is 40.2. The summed E-state index contributed by atoms with van der Waals surface area (Å²) in [5.41, 5.74) is 7.00. The molecule has 0 spiro atoms. The molecule has 0 unspecified atom stereocenters. The van der Waals surface area contributed by atoms with Crippen molar-refractivity contribution in [3.63, 3.8) is 0 Å². The average molecular weight is 579 g/mol. The molecule has 0 fully saturated rings. The van der Waals surface area contributed by atoms with Crippen molar-refractivity contribution < 1.29 is 17.8 Å². The number of fused-ring (bicyclic) bond motifs is 3. The van der Waals surface area contributed by atoms with Crippen LogP contribution in [0.25, 0.3) is 55.4 Å². The number of hydrogen-bond donors (Lipinski definition) is 0. The summed E-state index contributed by atoms with van der Waals surface area (Å²) >= 11 is -2.40. The van der Waals surface area contributed by atoms with E-state index in [2.05, 4.69) is 29.4 Å². The predicted molar refractivity (Wildman–Crippen MR) is 159 cm³/mol. The molecule has 0 aliphatic heterocycles. The number of aromatic nitrogens is 1. The maximum atomic E-state index is 15.4. The van der Waals surface area contributed by atoms with Gasteiger partial charge in [0, 0.05) is 0 Å². The van der Waals surface area contributed by atoms with Crippen molar-refractivity contribution in [1.82, 2.24) is 0 Å². The van der Waals surface area contributed by atoms with E-state index < -0.39 is 13.3 Å². The first-order chi connectivity index (χ1) is 18.6. The molecule has 0 amide bonds. The van der Waals surface area contributed by atoms with E-state index in [0.717, 1.165) is 48.7 Å². The molecular weight excluding hydrogens is 549 g/mol. The Morgan fingerprint density at radius 3 is 1.92 bits per heavy atom. The Morgan fingerprint density at radius 1 is 0.667 bits per heavy atom. The monoisotopic (exact) mass is 580 g/mol. The number of pyridine rings is 1. The Bertz CT molecular complexity index is 1870. The Morgan fingerprint density at radius 2 is 1.26 bits per heavy atom. The third kappa shape index (κ3) is 4.37. The second-order valence-electron chi connectivity index (χ2n) is 11.3. The zero-order valence-electron chi connectivity index (χ0n) is 22.8. The second-order valence-corrected chi connectivity index (χ2v) is 21.8. The zero-order valence-corrected chi connectivity index (χ0v) is 24.9. The summed E-state index contributed by atoms with van der Waals surface area (Å²) in [4.78, 5) is 0. The minimum absolute atomic E-state index is 0.173. The number of furan rings is 1. The molecule has 2 nitrogen and oxygen atoms in total. The maximum absolute atomic E-state index is 15.4. The van der Waals surface area contributed by atoms with Crippen LogP contribution in [0, 0.1) is 18.6 Å². The summed E-state index contributed by atoms with van der Waals surface area (Å²) in [6.07, 6.45) is 1.94. The Kier molecular flexibility index (Phi) is 6.18. The second kappa shape index (κ2) is 9.46. The Labute approximate surface area is 229 Å². The number of halogens is 2. The summed E-state index contributed by atoms with van der Waals surface area (Å²) in [5, 5.41) is 1.71. The van der Waals surface area contributed by atoms with Crippen LogP contribution in [0.2, 0.25) is 17.3 Å². The van der Waals surface area contributed by atoms with Crippen molar-refractivity contribution in [3.05, 3.63) is 108 Å². The van der Waals surface area contributed by atoms with Gasteiger partial charge in [0.25, 0.3) is 0 Å². The van der Waals surface area contributed by atoms with Gasteiger partial charge in [-0.25, -0.2) is 0 Å². The summed E-state index contributed by atoms with van der Waals surface area (Å²) in [7, 11) is 1.95. The molecule has 2 heterocycles. The fourth-order valence-corrected chi connectivity index (χ4v) is 8.32. The quantitative estimate of drug-likeness (QED) is 0.151. The number of rotatable bonds is 4. The van der Waals surface area contributed by atoms with Crippen molar-refractivity contribution >= 4 is 39.6 Å². The number of hydrogen-bond acceptors (Lipinski definition) is 1. The first-order valence-electron chi connectivity index (χ1n) is 13.1. The topological polar surface area (TPSA) is 17.0 Å². The molecule has 0 N–H and O–H groups in total. The number of nitrogens with zero attached hydrogens (tertiary/aromatic N) is 1. The molecule has 39 heavy (non-hydrogen) atoms. The van der Waals surface area contributed by atoms with E-state index in [-0.39, 0.29) is 11.6 Å². The Balaban J connectivity index is 1.56. The van der Waals surface area contributed by atoms with Crippen LogP contribution in [0.5, 0.6) is 0 Å². The van der Waals surface area contributed by atoms with Crippen LogP contribution in [0.15, 0.2) is 95.5 Å². The van der Waals surface area contributed by atoms with Crippen molar-refractivity contribution in [2.45, 2.75) is 24.2 Å². The molecule has 6 rings (SSSR count). The van der Waals surface area contributed by atoms with Gasteiger partial charge in [-0.3, -0.25) is 0 Å². The van der Waals surface area contributed by atoms with Crippen LogP contribution >= 0.6 is 0 Å². The van der Waals surface area contributed by atoms with Crippen molar-refractivity contribution in [3.8, 4) is 33.5 Å². The normalized spacial score (nSPS) is 12.0. The Hall–Kier alpha value is -3.77. The van der Waals surface area contributed by atoms with Crippen molar-refractivity contribution in [2.75, 3.05) is 0 Å². The van der Waals surface area contributed by atoms with Gasteiger partial charge in [-0.15, -0.1) is 0 Å². The van der Waals surface area contributed by atoms with Gasteiger partial charge in [-0.2, -0.15) is 0 Å². The predicted octanol–water partition coefficient (Wildman–Crippen LogP) is 8.54. The molecule has 0 radical (unpaired) electrons. The van der Waals surface area contributed by atoms with Gasteiger partial charge in [0.05, 0.1) is 0 Å². The zero-order chi connectivity index (χ0) is 27.5. The third-order valence-corrected chi connectivity index (χ3v) is 11.7. The SMILES string of the molecule is Cc1ccc2c(oc3c(-c4ccc(-c5ccccc5)cc4)c(F)ccc32)c1-c1cc(F)[c]([Ge]([CH3])([CH3])[CH3])c[n+]1C. The molecular formula is C34H30F2GeNO+. The average Bonchev–Trinajstić information content (AvgIpc) is 3.28. The number of aryl methyl sites for hydroxylation is 2. The molecule has 0 aliphatic rings. The third-order valence-electron chi connectivity index (χ3n) is 7.54. The van der Waals surface area contributed by atoms with Gasteiger partial charge in [0.1, 0.15) is 0 Å². The van der Waals surface area contributed by atoms with Gasteiger partial charge in [-0.1, -0.05) is 30.3 Å². The molecule has 0 saturated heterocycles. The summed E-state index contributed by atoms with van der Waals surface area (Å²) in [6, 6.07) is 26.9. The first-order valence-corrected chi connectivity index (χ1v) is 20.5. The van der Waals surface area contributed by atoms with E-state index in [9.17, 15) is 0 Å². The van der Waals surface area contributed by atoms with Crippen LogP contribution in [-0.4, -0.2) is 13.3 Å². The standard InChI is InChI=1S/C34H30F2GeNO/c1-21-11-16-25-26-17-18-27(35)32(24-14-12-23(13-15-24)22-9-7-6-8-10-22)34(26)39-33(25)31(21)30-19-28(36)29(20-38(30)5)37(2,3)4/h6-20H,1-5H3/q+1. The van der Waals surface area contributed by atoms with Gasteiger partial charge in [0.2, 0.25) is 0 Å². The van der Waals surface area contributed by atoms with Gasteiger partial charge in [0.15, 0.2) is 0 Å². The molecule has 0 atom stereocenters. The molecule has 0 aliphatic carbocycles. The molecule has 0 bridgehead atoms. The van der Waals surface area contributed by atoms with E-state index >= 15 is 8.78 Å². The number of benzene rings is 4. The van der Waals surface area contributed by atoms with E-state index in [1.54, 1.807) is 12.1 Å².